The van der Waals surface area contributed by atoms with E-state index in [0.717, 1.165) is 0 Å². The zero-order valence-electron chi connectivity index (χ0n) is 10.3. The van der Waals surface area contributed by atoms with E-state index in [1.54, 1.807) is 0 Å². The largest absolute Gasteiger partial charge is 0.353 e. The van der Waals surface area contributed by atoms with Crippen LogP contribution in [0, 0.1) is 0 Å². The van der Waals surface area contributed by atoms with Crippen LogP contribution in [0.15, 0.2) is 0 Å². The van der Waals surface area contributed by atoms with Crippen LogP contribution in [0.2, 0.25) is 0 Å². The Morgan fingerprint density at radius 2 is 0.923 bits per heavy atom. The summed E-state index contributed by atoms with van der Waals surface area (Å²) in [6.45, 7) is 14.1. The van der Waals surface area contributed by atoms with Gasteiger partial charge in [0, 0.05) is 0 Å². The molecular formula is C10H23BO2. The van der Waals surface area contributed by atoms with Crippen molar-refractivity contribution in [1.29, 1.82) is 0 Å². The van der Waals surface area contributed by atoms with E-state index in [9.17, 15) is 0 Å². The van der Waals surface area contributed by atoms with E-state index in [4.69, 9.17) is 9.47 Å². The van der Waals surface area contributed by atoms with Gasteiger partial charge in [-0.1, -0.05) is 0 Å². The Hall–Kier alpha value is -0.0151. The van der Waals surface area contributed by atoms with Crippen molar-refractivity contribution in [3.63, 3.8) is 0 Å². The van der Waals surface area contributed by atoms with E-state index in [1.165, 1.54) is 0 Å². The van der Waals surface area contributed by atoms with Crippen LogP contribution < -0.4 is 0 Å². The van der Waals surface area contributed by atoms with Crippen LogP contribution in [0.3, 0.4) is 0 Å². The predicted molar refractivity (Wildman–Crippen MR) is 58.6 cm³/mol. The third-order valence-corrected chi connectivity index (χ3v) is 1.10. The van der Waals surface area contributed by atoms with E-state index in [0.29, 0.717) is 0 Å². The van der Waals surface area contributed by atoms with E-state index in [-0.39, 0.29) is 11.2 Å². The second-order valence-corrected chi connectivity index (χ2v) is 5.83. The molecule has 0 aliphatic carbocycles. The van der Waals surface area contributed by atoms with Gasteiger partial charge in [0.05, 0.1) is 11.2 Å². The van der Waals surface area contributed by atoms with Crippen LogP contribution in [-0.2, 0) is 9.47 Å². The minimum atomic E-state index is -0.531. The van der Waals surface area contributed by atoms with Crippen molar-refractivity contribution in [1.82, 2.24) is 0 Å². The van der Waals surface area contributed by atoms with Crippen LogP contribution >= 0.6 is 0 Å². The molecular weight excluding hydrogens is 163 g/mol. The van der Waals surface area contributed by atoms with Gasteiger partial charge in [-0.3, -0.25) is 0 Å². The highest BCUT2D eigenvalue weighted by molar-refractivity contribution is 6.13. The third-order valence-electron chi connectivity index (χ3n) is 1.10. The minimum absolute atomic E-state index is 0.172. The molecule has 2 nitrogen and oxygen atoms in total. The van der Waals surface area contributed by atoms with E-state index in [1.807, 2.05) is 56.3 Å². The third kappa shape index (κ3) is 8.32. The summed E-state index contributed by atoms with van der Waals surface area (Å²) in [5.41, 5.74) is -0.875. The van der Waals surface area contributed by atoms with Crippen molar-refractivity contribution < 1.29 is 9.47 Å². The first-order chi connectivity index (χ1) is 5.41. The predicted octanol–water partition coefficient (Wildman–Crippen LogP) is 1.92. The van der Waals surface area contributed by atoms with E-state index < -0.39 is 5.69 Å². The molecule has 0 saturated carbocycles. The Bertz CT molecular complexity index is 145. The lowest BCUT2D eigenvalue weighted by molar-refractivity contribution is -0.254. The normalized spacial score (nSPS) is 14.7. The molecule has 78 valence electrons. The maximum absolute atomic E-state index is 5.78. The monoisotopic (exact) mass is 186 g/mol. The molecule has 0 spiro atoms. The molecule has 0 fully saturated rings. The van der Waals surface area contributed by atoms with Gasteiger partial charge in [-0.2, -0.15) is 0 Å². The van der Waals surface area contributed by atoms with Gasteiger partial charge in [-0.05, 0) is 48.5 Å². The Morgan fingerprint density at radius 1 is 0.692 bits per heavy atom. The molecule has 0 aromatic carbocycles. The summed E-state index contributed by atoms with van der Waals surface area (Å²) in [5, 5.41) is 0. The Morgan fingerprint density at radius 3 is 1.08 bits per heavy atom. The fourth-order valence-corrected chi connectivity index (χ4v) is 1.50. The van der Waals surface area contributed by atoms with Gasteiger partial charge >= 0.3 is 0 Å². The van der Waals surface area contributed by atoms with Gasteiger partial charge in [-0.15, -0.1) is 0 Å². The van der Waals surface area contributed by atoms with Gasteiger partial charge in [0.2, 0.25) is 0 Å². The zero-order chi connectivity index (χ0) is 10.9. The van der Waals surface area contributed by atoms with Gasteiger partial charge in [0.25, 0.3) is 0 Å². The van der Waals surface area contributed by atoms with Crippen LogP contribution in [0.4, 0.5) is 0 Å². The summed E-state index contributed by atoms with van der Waals surface area (Å²) in [7, 11) is 1.95. The van der Waals surface area contributed by atoms with E-state index >= 15 is 0 Å². The second kappa shape index (κ2) is 3.62. The summed E-state index contributed by atoms with van der Waals surface area (Å²) in [6, 6.07) is 0. The molecule has 0 unspecified atom stereocenters. The molecule has 3 heteroatoms. The Labute approximate surface area is 83.4 Å². The Balaban J connectivity index is 4.25. The van der Waals surface area contributed by atoms with Crippen molar-refractivity contribution >= 4 is 7.85 Å². The molecule has 0 amide bonds. The molecule has 0 aliphatic heterocycles. The summed E-state index contributed by atoms with van der Waals surface area (Å²) < 4.78 is 11.6. The van der Waals surface area contributed by atoms with Crippen LogP contribution in [0.1, 0.15) is 48.5 Å². The molecule has 0 heterocycles. The number of ether oxygens (including phenoxy) is 2. The highest BCUT2D eigenvalue weighted by Crippen LogP contribution is 2.23. The molecule has 0 saturated heterocycles. The number of rotatable bonds is 2. The average Bonchev–Trinajstić information content (AvgIpc) is 1.43. The molecule has 0 aromatic rings. The summed E-state index contributed by atoms with van der Waals surface area (Å²) in [5.74, 6) is 0. The van der Waals surface area contributed by atoms with Gasteiger partial charge in [0.15, 0.2) is 7.85 Å². The smallest absolute Gasteiger partial charge is 0.178 e. The highest BCUT2D eigenvalue weighted by Gasteiger charge is 2.30. The molecule has 0 atom stereocenters. The van der Waals surface area contributed by atoms with Crippen molar-refractivity contribution in [3.8, 4) is 0 Å². The lowest BCUT2D eigenvalue weighted by Crippen LogP contribution is -2.45. The lowest BCUT2D eigenvalue weighted by Gasteiger charge is -2.38. The molecule has 0 aromatic heterocycles. The van der Waals surface area contributed by atoms with Crippen molar-refractivity contribution in [2.75, 3.05) is 0 Å². The standard InChI is InChI=1S/C10H23BO2/c1-8(2,3)12-10(7,11)13-9(4,5)6/h11H2,1-7H3. The first kappa shape index (κ1) is 13.0. The number of hydrogen-bond donors (Lipinski definition) is 0. The van der Waals surface area contributed by atoms with Crippen LogP contribution in [0.25, 0.3) is 0 Å². The summed E-state index contributed by atoms with van der Waals surface area (Å²) >= 11 is 0. The lowest BCUT2D eigenvalue weighted by atomic mass is 9.94. The summed E-state index contributed by atoms with van der Waals surface area (Å²) in [4.78, 5) is 0. The number of hydrogen-bond acceptors (Lipinski definition) is 2. The van der Waals surface area contributed by atoms with Gasteiger partial charge in [0.1, 0.15) is 5.69 Å². The molecule has 0 radical (unpaired) electrons. The molecule has 0 rings (SSSR count). The Kier molecular flexibility index (Phi) is 3.62. The van der Waals surface area contributed by atoms with Crippen molar-refractivity contribution in [2.24, 2.45) is 0 Å². The highest BCUT2D eigenvalue weighted by atomic mass is 16.7. The molecule has 0 N–H and O–H groups in total. The molecule has 0 aliphatic rings. The minimum Gasteiger partial charge on any atom is -0.353 e. The van der Waals surface area contributed by atoms with Crippen LogP contribution in [-0.4, -0.2) is 24.7 Å². The van der Waals surface area contributed by atoms with Gasteiger partial charge < -0.3 is 9.47 Å². The summed E-state index contributed by atoms with van der Waals surface area (Å²) in [6.07, 6.45) is 0. The quantitative estimate of drug-likeness (QED) is 0.484. The van der Waals surface area contributed by atoms with Crippen molar-refractivity contribution in [2.45, 2.75) is 65.4 Å². The maximum atomic E-state index is 5.78. The first-order valence-electron chi connectivity index (χ1n) is 4.82. The zero-order valence-corrected chi connectivity index (χ0v) is 10.3. The second-order valence-electron chi connectivity index (χ2n) is 5.83. The SMILES string of the molecule is BC(C)(OC(C)(C)C)OC(C)(C)C. The fourth-order valence-electron chi connectivity index (χ4n) is 1.50. The topological polar surface area (TPSA) is 18.5 Å². The van der Waals surface area contributed by atoms with E-state index in [2.05, 4.69) is 0 Å². The molecule has 13 heavy (non-hydrogen) atoms. The average molecular weight is 186 g/mol. The van der Waals surface area contributed by atoms with Crippen molar-refractivity contribution in [3.05, 3.63) is 0 Å². The fraction of sp³-hybridized carbons (Fsp3) is 1.00. The molecule has 0 bridgehead atoms. The first-order valence-corrected chi connectivity index (χ1v) is 4.82. The van der Waals surface area contributed by atoms with Gasteiger partial charge in [-0.25, -0.2) is 0 Å². The van der Waals surface area contributed by atoms with Crippen LogP contribution in [0.5, 0.6) is 0 Å². The maximum Gasteiger partial charge on any atom is 0.178 e.